The maximum Gasteiger partial charge on any atom is 0.242 e. The molecule has 0 aromatic heterocycles. The van der Waals surface area contributed by atoms with Crippen LogP contribution in [0.25, 0.3) is 0 Å². The summed E-state index contributed by atoms with van der Waals surface area (Å²) in [7, 11) is 0. The van der Waals surface area contributed by atoms with Crippen LogP contribution in [0.1, 0.15) is 52.4 Å². The summed E-state index contributed by atoms with van der Waals surface area (Å²) in [5, 5.41) is 6.48. The summed E-state index contributed by atoms with van der Waals surface area (Å²) in [6.45, 7) is 7.75. The van der Waals surface area contributed by atoms with Crippen LogP contribution < -0.4 is 10.6 Å². The molecule has 134 valence electrons. The molecule has 0 saturated carbocycles. The number of carbonyl (C=O) groups is 2. The monoisotopic (exact) mass is 345 g/mol. The first-order valence-corrected chi connectivity index (χ1v) is 8.86. The molecule has 2 aliphatic rings. The zero-order valence-electron chi connectivity index (χ0n) is 14.5. The Hall–Kier alpha value is -0.810. The molecule has 2 fully saturated rings. The topological polar surface area (TPSA) is 61.4 Å². The van der Waals surface area contributed by atoms with Gasteiger partial charge in [0.1, 0.15) is 6.04 Å². The molecule has 2 saturated heterocycles. The third-order valence-electron chi connectivity index (χ3n) is 4.70. The van der Waals surface area contributed by atoms with Crippen molar-refractivity contribution < 1.29 is 9.59 Å². The largest absolute Gasteiger partial charge is 0.354 e. The van der Waals surface area contributed by atoms with E-state index >= 15 is 0 Å². The predicted molar refractivity (Wildman–Crippen MR) is 94.7 cm³/mol. The van der Waals surface area contributed by atoms with E-state index in [1.165, 1.54) is 12.8 Å². The number of halogens is 1. The molecule has 2 rings (SSSR count). The van der Waals surface area contributed by atoms with E-state index in [9.17, 15) is 9.59 Å². The van der Waals surface area contributed by atoms with Crippen molar-refractivity contribution in [1.82, 2.24) is 15.5 Å². The number of rotatable bonds is 6. The lowest BCUT2D eigenvalue weighted by Crippen LogP contribution is -2.52. The first-order valence-electron chi connectivity index (χ1n) is 8.86. The van der Waals surface area contributed by atoms with E-state index in [0.717, 1.165) is 45.4 Å². The fraction of sp³-hybridized carbons (Fsp3) is 0.882. The molecule has 0 aromatic carbocycles. The molecule has 0 radical (unpaired) electrons. The lowest BCUT2D eigenvalue weighted by Gasteiger charge is -2.35. The van der Waals surface area contributed by atoms with E-state index < -0.39 is 0 Å². The second-order valence-corrected chi connectivity index (χ2v) is 7.15. The SMILES string of the molecule is CC(C)CC(C(=O)NCC1CCCNC1)N1CCCCC1=O.Cl. The van der Waals surface area contributed by atoms with Gasteiger partial charge >= 0.3 is 0 Å². The summed E-state index contributed by atoms with van der Waals surface area (Å²) >= 11 is 0. The molecule has 0 aromatic rings. The van der Waals surface area contributed by atoms with Crippen LogP contribution in [0.4, 0.5) is 0 Å². The minimum Gasteiger partial charge on any atom is -0.354 e. The van der Waals surface area contributed by atoms with Gasteiger partial charge in [-0.2, -0.15) is 0 Å². The quantitative estimate of drug-likeness (QED) is 0.773. The summed E-state index contributed by atoms with van der Waals surface area (Å²) in [6.07, 6.45) is 5.67. The highest BCUT2D eigenvalue weighted by atomic mass is 35.5. The minimum absolute atomic E-state index is 0. The maximum atomic E-state index is 12.6. The molecule has 6 heteroatoms. The lowest BCUT2D eigenvalue weighted by atomic mass is 9.97. The molecule has 2 unspecified atom stereocenters. The van der Waals surface area contributed by atoms with E-state index in [4.69, 9.17) is 0 Å². The molecule has 2 aliphatic heterocycles. The van der Waals surface area contributed by atoms with E-state index in [1.54, 1.807) is 0 Å². The van der Waals surface area contributed by atoms with Gasteiger partial charge in [-0.15, -0.1) is 12.4 Å². The van der Waals surface area contributed by atoms with E-state index in [2.05, 4.69) is 24.5 Å². The average molecular weight is 346 g/mol. The summed E-state index contributed by atoms with van der Waals surface area (Å²) in [6, 6.07) is -0.288. The summed E-state index contributed by atoms with van der Waals surface area (Å²) in [4.78, 5) is 26.6. The van der Waals surface area contributed by atoms with Gasteiger partial charge in [-0.3, -0.25) is 9.59 Å². The third-order valence-corrected chi connectivity index (χ3v) is 4.70. The van der Waals surface area contributed by atoms with Crippen LogP contribution in [0.15, 0.2) is 0 Å². The van der Waals surface area contributed by atoms with Crippen LogP contribution >= 0.6 is 12.4 Å². The van der Waals surface area contributed by atoms with Gasteiger partial charge in [0, 0.05) is 19.5 Å². The Morgan fingerprint density at radius 3 is 2.74 bits per heavy atom. The Morgan fingerprint density at radius 2 is 2.13 bits per heavy atom. The van der Waals surface area contributed by atoms with Crippen molar-refractivity contribution in [3.63, 3.8) is 0 Å². The van der Waals surface area contributed by atoms with Crippen molar-refractivity contribution in [2.75, 3.05) is 26.2 Å². The zero-order chi connectivity index (χ0) is 15.9. The molecular weight excluding hydrogens is 314 g/mol. The number of hydrogen-bond acceptors (Lipinski definition) is 3. The molecule has 2 atom stereocenters. The van der Waals surface area contributed by atoms with Crippen molar-refractivity contribution in [1.29, 1.82) is 0 Å². The summed E-state index contributed by atoms with van der Waals surface area (Å²) < 4.78 is 0. The van der Waals surface area contributed by atoms with Crippen LogP contribution in [-0.4, -0.2) is 48.9 Å². The number of amides is 2. The second-order valence-electron chi connectivity index (χ2n) is 7.15. The smallest absolute Gasteiger partial charge is 0.242 e. The van der Waals surface area contributed by atoms with E-state index in [0.29, 0.717) is 18.3 Å². The van der Waals surface area contributed by atoms with Crippen molar-refractivity contribution in [2.45, 2.75) is 58.4 Å². The number of carbonyl (C=O) groups excluding carboxylic acids is 2. The zero-order valence-corrected chi connectivity index (χ0v) is 15.3. The molecule has 2 heterocycles. The molecule has 2 N–H and O–H groups in total. The molecule has 5 nitrogen and oxygen atoms in total. The maximum absolute atomic E-state index is 12.6. The molecule has 0 aliphatic carbocycles. The van der Waals surface area contributed by atoms with Gasteiger partial charge < -0.3 is 15.5 Å². The first-order chi connectivity index (χ1) is 10.6. The highest BCUT2D eigenvalue weighted by Crippen LogP contribution is 2.19. The Balaban J connectivity index is 0.00000264. The van der Waals surface area contributed by atoms with Gasteiger partial charge in [0.25, 0.3) is 0 Å². The average Bonchev–Trinajstić information content (AvgIpc) is 2.52. The van der Waals surface area contributed by atoms with Gasteiger partial charge in [-0.1, -0.05) is 13.8 Å². The van der Waals surface area contributed by atoms with Gasteiger partial charge in [-0.05, 0) is 57.0 Å². The number of nitrogens with zero attached hydrogens (tertiary/aromatic N) is 1. The van der Waals surface area contributed by atoms with Crippen LogP contribution in [0.2, 0.25) is 0 Å². The van der Waals surface area contributed by atoms with Gasteiger partial charge in [-0.25, -0.2) is 0 Å². The first kappa shape index (κ1) is 20.2. The number of likely N-dealkylation sites (tertiary alicyclic amines) is 1. The van der Waals surface area contributed by atoms with Crippen LogP contribution in [-0.2, 0) is 9.59 Å². The highest BCUT2D eigenvalue weighted by Gasteiger charge is 2.32. The fourth-order valence-electron chi connectivity index (χ4n) is 3.44. The second kappa shape index (κ2) is 10.1. The summed E-state index contributed by atoms with van der Waals surface area (Å²) in [5.41, 5.74) is 0. The molecule has 0 spiro atoms. The van der Waals surface area contributed by atoms with Gasteiger partial charge in [0.15, 0.2) is 0 Å². The summed E-state index contributed by atoms with van der Waals surface area (Å²) in [5.74, 6) is 1.11. The number of hydrogen-bond donors (Lipinski definition) is 2. The highest BCUT2D eigenvalue weighted by molar-refractivity contribution is 5.88. The Morgan fingerprint density at radius 1 is 1.35 bits per heavy atom. The van der Waals surface area contributed by atoms with Crippen molar-refractivity contribution in [2.24, 2.45) is 11.8 Å². The van der Waals surface area contributed by atoms with Crippen molar-refractivity contribution >= 4 is 24.2 Å². The molecule has 23 heavy (non-hydrogen) atoms. The lowest BCUT2D eigenvalue weighted by molar-refractivity contribution is -0.143. The van der Waals surface area contributed by atoms with Crippen LogP contribution in [0.5, 0.6) is 0 Å². The fourth-order valence-corrected chi connectivity index (χ4v) is 3.44. The predicted octanol–water partition coefficient (Wildman–Crippen LogP) is 1.95. The van der Waals surface area contributed by atoms with Crippen molar-refractivity contribution in [3.8, 4) is 0 Å². The van der Waals surface area contributed by atoms with E-state index in [1.807, 2.05) is 4.90 Å². The number of piperidine rings is 2. The molecule has 0 bridgehead atoms. The Labute approximate surface area is 146 Å². The van der Waals surface area contributed by atoms with Gasteiger partial charge in [0.05, 0.1) is 0 Å². The minimum atomic E-state index is -0.288. The van der Waals surface area contributed by atoms with E-state index in [-0.39, 0.29) is 30.3 Å². The third kappa shape index (κ3) is 6.30. The normalized spacial score (nSPS) is 23.3. The number of nitrogens with one attached hydrogen (secondary N) is 2. The molecular formula is C17H32ClN3O2. The van der Waals surface area contributed by atoms with Crippen molar-refractivity contribution in [3.05, 3.63) is 0 Å². The standard InChI is InChI=1S/C17H31N3O2.ClH/c1-13(2)10-15(20-9-4-3-7-16(20)21)17(22)19-12-14-6-5-8-18-11-14;/h13-15,18H,3-12H2,1-2H3,(H,19,22);1H. The molecule has 2 amide bonds. The Kier molecular flexibility index (Phi) is 8.92. The Bertz CT molecular complexity index is 384. The van der Waals surface area contributed by atoms with Crippen LogP contribution in [0.3, 0.4) is 0 Å². The van der Waals surface area contributed by atoms with Crippen LogP contribution in [0, 0.1) is 11.8 Å². The van der Waals surface area contributed by atoms with Gasteiger partial charge in [0.2, 0.25) is 11.8 Å².